The highest BCUT2D eigenvalue weighted by molar-refractivity contribution is 6.30. The van der Waals surface area contributed by atoms with Crippen LogP contribution in [-0.2, 0) is 4.79 Å². The normalized spacial score (nSPS) is 10.3. The molecule has 7 nitrogen and oxygen atoms in total. The summed E-state index contributed by atoms with van der Waals surface area (Å²) in [5, 5.41) is 13.5. The smallest absolute Gasteiger partial charge is 0.313 e. The van der Waals surface area contributed by atoms with Gasteiger partial charge in [0.25, 0.3) is 0 Å². The largest absolute Gasteiger partial charge is 0.412 e. The molecule has 0 saturated carbocycles. The molecular formula is C17H13ClN4O3. The van der Waals surface area contributed by atoms with E-state index in [0.29, 0.717) is 22.0 Å². The van der Waals surface area contributed by atoms with Crippen LogP contribution in [0.4, 0.5) is 11.4 Å². The number of aromatic nitrogens is 2. The number of halogens is 1. The minimum absolute atomic E-state index is 0.157. The van der Waals surface area contributed by atoms with Gasteiger partial charge in [0.2, 0.25) is 11.8 Å². The van der Waals surface area contributed by atoms with E-state index in [1.54, 1.807) is 48.5 Å². The molecular weight excluding hydrogens is 344 g/mol. The molecule has 2 amide bonds. The molecule has 1 heterocycles. The molecule has 0 aliphatic carbocycles. The van der Waals surface area contributed by atoms with Crippen LogP contribution in [0.3, 0.4) is 0 Å². The van der Waals surface area contributed by atoms with Crippen molar-refractivity contribution in [3.63, 3.8) is 0 Å². The van der Waals surface area contributed by atoms with Crippen LogP contribution < -0.4 is 10.6 Å². The van der Waals surface area contributed by atoms with E-state index in [9.17, 15) is 9.59 Å². The standard InChI is InChI=1S/C17H13ClN4O3/c1-10(23)19-13-6-8-14(9-7-13)20-15(24)17-22-21-16(25-17)11-2-4-12(18)5-3-11/h2-9H,1H3,(H,19,23)(H,20,24). The van der Waals surface area contributed by atoms with Crippen molar-refractivity contribution in [2.24, 2.45) is 0 Å². The Morgan fingerprint density at radius 1 is 0.920 bits per heavy atom. The molecule has 0 aliphatic rings. The zero-order chi connectivity index (χ0) is 17.8. The van der Waals surface area contributed by atoms with Crippen LogP contribution in [0.5, 0.6) is 0 Å². The van der Waals surface area contributed by atoms with Crippen LogP contribution >= 0.6 is 11.6 Å². The van der Waals surface area contributed by atoms with Gasteiger partial charge in [0, 0.05) is 28.9 Å². The van der Waals surface area contributed by atoms with Crippen LogP contribution in [0.25, 0.3) is 11.5 Å². The van der Waals surface area contributed by atoms with Crippen molar-refractivity contribution in [3.8, 4) is 11.5 Å². The molecule has 0 spiro atoms. The molecule has 0 bridgehead atoms. The van der Waals surface area contributed by atoms with Crippen molar-refractivity contribution in [2.45, 2.75) is 6.92 Å². The molecule has 0 unspecified atom stereocenters. The molecule has 0 fully saturated rings. The average Bonchev–Trinajstić information content (AvgIpc) is 3.07. The number of nitrogens with zero attached hydrogens (tertiary/aromatic N) is 2. The summed E-state index contributed by atoms with van der Waals surface area (Å²) in [6, 6.07) is 13.5. The molecule has 3 aromatic rings. The highest BCUT2D eigenvalue weighted by Crippen LogP contribution is 2.21. The van der Waals surface area contributed by atoms with Crippen LogP contribution in [0.15, 0.2) is 52.9 Å². The lowest BCUT2D eigenvalue weighted by molar-refractivity contribution is -0.114. The Morgan fingerprint density at radius 2 is 1.52 bits per heavy atom. The van der Waals surface area contributed by atoms with Gasteiger partial charge in [-0.15, -0.1) is 10.2 Å². The third kappa shape index (κ3) is 4.21. The van der Waals surface area contributed by atoms with E-state index >= 15 is 0 Å². The molecule has 2 N–H and O–H groups in total. The molecule has 126 valence electrons. The van der Waals surface area contributed by atoms with E-state index in [1.807, 2.05) is 0 Å². The summed E-state index contributed by atoms with van der Waals surface area (Å²) in [6.45, 7) is 1.42. The van der Waals surface area contributed by atoms with Gasteiger partial charge >= 0.3 is 11.8 Å². The second kappa shape index (κ2) is 7.14. The predicted octanol–water partition coefficient (Wildman–Crippen LogP) is 3.60. The summed E-state index contributed by atoms with van der Waals surface area (Å²) in [4.78, 5) is 23.2. The summed E-state index contributed by atoms with van der Waals surface area (Å²) in [5.74, 6) is -0.629. The van der Waals surface area contributed by atoms with E-state index in [2.05, 4.69) is 20.8 Å². The Balaban J connectivity index is 1.69. The van der Waals surface area contributed by atoms with Gasteiger partial charge in [-0.3, -0.25) is 9.59 Å². The van der Waals surface area contributed by atoms with Crippen LogP contribution in [-0.4, -0.2) is 22.0 Å². The number of amides is 2. The predicted molar refractivity (Wildman–Crippen MR) is 93.4 cm³/mol. The van der Waals surface area contributed by atoms with Gasteiger partial charge in [-0.05, 0) is 48.5 Å². The first kappa shape index (κ1) is 16.7. The summed E-state index contributed by atoms with van der Waals surface area (Å²) in [5.41, 5.74) is 1.83. The van der Waals surface area contributed by atoms with Gasteiger partial charge in [0.1, 0.15) is 0 Å². The van der Waals surface area contributed by atoms with Crippen molar-refractivity contribution >= 4 is 34.8 Å². The summed E-state index contributed by atoms with van der Waals surface area (Å²) in [6.07, 6.45) is 0. The van der Waals surface area contributed by atoms with E-state index in [1.165, 1.54) is 6.92 Å². The van der Waals surface area contributed by atoms with Gasteiger partial charge < -0.3 is 15.1 Å². The fourth-order valence-corrected chi connectivity index (χ4v) is 2.17. The second-order valence-electron chi connectivity index (χ2n) is 5.13. The minimum Gasteiger partial charge on any atom is -0.412 e. The molecule has 8 heteroatoms. The number of benzene rings is 2. The van der Waals surface area contributed by atoms with Crippen molar-refractivity contribution < 1.29 is 14.0 Å². The van der Waals surface area contributed by atoms with Crippen molar-refractivity contribution in [1.29, 1.82) is 0 Å². The maximum absolute atomic E-state index is 12.2. The quantitative estimate of drug-likeness (QED) is 0.744. The maximum atomic E-state index is 12.2. The summed E-state index contributed by atoms with van der Waals surface area (Å²) >= 11 is 5.83. The molecule has 1 aromatic heterocycles. The van der Waals surface area contributed by atoms with Crippen LogP contribution in [0, 0.1) is 0 Å². The molecule has 0 saturated heterocycles. The zero-order valence-electron chi connectivity index (χ0n) is 13.1. The van der Waals surface area contributed by atoms with Gasteiger partial charge in [0.05, 0.1) is 0 Å². The number of nitrogens with one attached hydrogen (secondary N) is 2. The third-order valence-electron chi connectivity index (χ3n) is 3.17. The zero-order valence-corrected chi connectivity index (χ0v) is 13.9. The van der Waals surface area contributed by atoms with E-state index in [0.717, 1.165) is 0 Å². The Kier molecular flexibility index (Phi) is 4.76. The topological polar surface area (TPSA) is 97.1 Å². The highest BCUT2D eigenvalue weighted by Gasteiger charge is 2.16. The van der Waals surface area contributed by atoms with E-state index < -0.39 is 5.91 Å². The fraction of sp³-hybridized carbons (Fsp3) is 0.0588. The molecule has 0 aliphatic heterocycles. The van der Waals surface area contributed by atoms with E-state index in [4.69, 9.17) is 16.0 Å². The lowest BCUT2D eigenvalue weighted by atomic mass is 10.2. The number of anilines is 2. The molecule has 0 atom stereocenters. The Bertz CT molecular complexity index is 904. The second-order valence-corrected chi connectivity index (χ2v) is 5.57. The van der Waals surface area contributed by atoms with Gasteiger partial charge in [-0.25, -0.2) is 0 Å². The SMILES string of the molecule is CC(=O)Nc1ccc(NC(=O)c2nnc(-c3ccc(Cl)cc3)o2)cc1. The number of hydrogen-bond acceptors (Lipinski definition) is 5. The van der Waals surface area contributed by atoms with Crippen LogP contribution in [0.2, 0.25) is 5.02 Å². The first-order valence-electron chi connectivity index (χ1n) is 7.30. The maximum Gasteiger partial charge on any atom is 0.313 e. The van der Waals surface area contributed by atoms with Crippen LogP contribution in [0.1, 0.15) is 17.6 Å². The van der Waals surface area contributed by atoms with E-state index in [-0.39, 0.29) is 17.7 Å². The third-order valence-corrected chi connectivity index (χ3v) is 3.43. The molecule has 3 rings (SSSR count). The number of carbonyl (C=O) groups is 2. The Morgan fingerprint density at radius 3 is 2.12 bits per heavy atom. The number of carbonyl (C=O) groups excluding carboxylic acids is 2. The monoisotopic (exact) mass is 356 g/mol. The summed E-state index contributed by atoms with van der Waals surface area (Å²) in [7, 11) is 0. The first-order chi connectivity index (χ1) is 12.0. The van der Waals surface area contributed by atoms with Gasteiger partial charge in [0.15, 0.2) is 0 Å². The fourth-order valence-electron chi connectivity index (χ4n) is 2.05. The minimum atomic E-state index is -0.528. The molecule has 2 aromatic carbocycles. The van der Waals surface area contributed by atoms with Gasteiger partial charge in [-0.1, -0.05) is 11.6 Å². The first-order valence-corrected chi connectivity index (χ1v) is 7.67. The summed E-state index contributed by atoms with van der Waals surface area (Å²) < 4.78 is 5.39. The molecule has 25 heavy (non-hydrogen) atoms. The lowest BCUT2D eigenvalue weighted by Crippen LogP contribution is -2.12. The highest BCUT2D eigenvalue weighted by atomic mass is 35.5. The van der Waals surface area contributed by atoms with Crippen molar-refractivity contribution in [3.05, 3.63) is 59.4 Å². The number of hydrogen-bond donors (Lipinski definition) is 2. The average molecular weight is 357 g/mol. The van der Waals surface area contributed by atoms with Crippen molar-refractivity contribution in [1.82, 2.24) is 10.2 Å². The van der Waals surface area contributed by atoms with Crippen molar-refractivity contribution in [2.75, 3.05) is 10.6 Å². The Hall–Kier alpha value is -3.19. The lowest BCUT2D eigenvalue weighted by Gasteiger charge is -2.05. The number of rotatable bonds is 4. The molecule has 0 radical (unpaired) electrons. The van der Waals surface area contributed by atoms with Gasteiger partial charge in [-0.2, -0.15) is 0 Å². The Labute approximate surface area is 148 Å².